The molecule has 0 fully saturated rings. The van der Waals surface area contributed by atoms with Crippen LogP contribution in [0.1, 0.15) is 12.2 Å². The lowest BCUT2D eigenvalue weighted by Crippen LogP contribution is -2.20. The van der Waals surface area contributed by atoms with Gasteiger partial charge in [-0.2, -0.15) is 0 Å². The van der Waals surface area contributed by atoms with E-state index in [4.69, 9.17) is 11.6 Å². The van der Waals surface area contributed by atoms with Crippen LogP contribution in [0.3, 0.4) is 0 Å². The highest BCUT2D eigenvalue weighted by atomic mass is 35.5. The number of non-ortho nitro benzene ring substituents is 1. The summed E-state index contributed by atoms with van der Waals surface area (Å²) >= 11 is 6.11. The molecule has 0 aliphatic rings. The average molecular weight is 309 g/mol. The molecule has 0 unspecified atom stereocenters. The number of nitrogens with zero attached hydrogens (tertiary/aromatic N) is 4. The fourth-order valence-corrected chi connectivity index (χ4v) is 2.48. The van der Waals surface area contributed by atoms with Gasteiger partial charge in [0.05, 0.1) is 15.6 Å². The number of imidazole rings is 1. The molecule has 0 spiro atoms. The third kappa shape index (κ3) is 3.72. The zero-order valence-electron chi connectivity index (χ0n) is 12.0. The lowest BCUT2D eigenvalue weighted by molar-refractivity contribution is -0.384. The summed E-state index contributed by atoms with van der Waals surface area (Å²) in [5, 5.41) is 11.1. The number of nitro groups is 1. The first-order valence-electron chi connectivity index (χ1n) is 6.62. The van der Waals surface area contributed by atoms with Crippen molar-refractivity contribution in [2.45, 2.75) is 19.9 Å². The minimum Gasteiger partial charge on any atom is -0.373 e. The predicted molar refractivity (Wildman–Crippen MR) is 83.0 cm³/mol. The first-order valence-corrected chi connectivity index (χ1v) is 6.99. The number of nitro benzene ring substituents is 1. The summed E-state index contributed by atoms with van der Waals surface area (Å²) < 4.78 is 2.09. The molecule has 2 aromatic rings. The van der Waals surface area contributed by atoms with Gasteiger partial charge in [-0.15, -0.1) is 0 Å². The van der Waals surface area contributed by atoms with E-state index in [-0.39, 0.29) is 5.69 Å². The number of halogens is 1. The number of anilines is 1. The third-order valence-corrected chi connectivity index (χ3v) is 3.67. The predicted octanol–water partition coefficient (Wildman–Crippen LogP) is 3.28. The molecule has 1 aromatic carbocycles. The lowest BCUT2D eigenvalue weighted by Gasteiger charge is -2.20. The maximum atomic E-state index is 10.7. The molecule has 21 heavy (non-hydrogen) atoms. The van der Waals surface area contributed by atoms with E-state index in [1.54, 1.807) is 12.3 Å². The normalized spacial score (nSPS) is 10.6. The van der Waals surface area contributed by atoms with Crippen LogP contribution in [0.15, 0.2) is 30.6 Å². The van der Waals surface area contributed by atoms with E-state index >= 15 is 0 Å². The summed E-state index contributed by atoms with van der Waals surface area (Å²) in [4.78, 5) is 16.4. The third-order valence-electron chi connectivity index (χ3n) is 3.37. The van der Waals surface area contributed by atoms with Gasteiger partial charge in [-0.25, -0.2) is 4.98 Å². The molecule has 1 heterocycles. The Bertz CT molecular complexity index is 642. The molecule has 1 aromatic heterocycles. The van der Waals surface area contributed by atoms with Crippen LogP contribution in [0.25, 0.3) is 0 Å². The summed E-state index contributed by atoms with van der Waals surface area (Å²) in [5.74, 6) is 0.992. The van der Waals surface area contributed by atoms with Crippen molar-refractivity contribution in [1.82, 2.24) is 9.55 Å². The Balaban J connectivity index is 1.95. The van der Waals surface area contributed by atoms with Gasteiger partial charge in [0, 0.05) is 44.7 Å². The molecule has 7 heteroatoms. The second-order valence-electron chi connectivity index (χ2n) is 4.84. The minimum absolute atomic E-state index is 0.00573. The molecule has 0 radical (unpaired) electrons. The van der Waals surface area contributed by atoms with Crippen LogP contribution >= 0.6 is 11.6 Å². The summed E-state index contributed by atoms with van der Waals surface area (Å²) in [6.45, 7) is 3.65. The van der Waals surface area contributed by atoms with Gasteiger partial charge in [-0.1, -0.05) is 11.6 Å². The van der Waals surface area contributed by atoms with Crippen LogP contribution in [0.4, 0.5) is 11.4 Å². The molecule has 112 valence electrons. The highest BCUT2D eigenvalue weighted by Crippen LogP contribution is 2.29. The summed E-state index contributed by atoms with van der Waals surface area (Å²) in [6, 6.07) is 4.54. The number of rotatable bonds is 6. The van der Waals surface area contributed by atoms with Gasteiger partial charge in [0.15, 0.2) is 0 Å². The van der Waals surface area contributed by atoms with E-state index in [1.807, 2.05) is 25.1 Å². The monoisotopic (exact) mass is 308 g/mol. The lowest BCUT2D eigenvalue weighted by atomic mass is 10.2. The van der Waals surface area contributed by atoms with Gasteiger partial charge in [-0.3, -0.25) is 10.1 Å². The van der Waals surface area contributed by atoms with Crippen molar-refractivity contribution in [2.75, 3.05) is 18.5 Å². The molecule has 0 N–H and O–H groups in total. The molecule has 0 aliphatic carbocycles. The van der Waals surface area contributed by atoms with Crippen molar-refractivity contribution < 1.29 is 4.92 Å². The largest absolute Gasteiger partial charge is 0.373 e. The number of benzene rings is 1. The Hall–Kier alpha value is -2.08. The molecule has 0 bridgehead atoms. The van der Waals surface area contributed by atoms with Gasteiger partial charge in [0.25, 0.3) is 5.69 Å². The Kier molecular flexibility index (Phi) is 4.80. The molecule has 6 nitrogen and oxygen atoms in total. The molecular weight excluding hydrogens is 292 g/mol. The van der Waals surface area contributed by atoms with E-state index in [2.05, 4.69) is 9.55 Å². The highest BCUT2D eigenvalue weighted by molar-refractivity contribution is 6.33. The van der Waals surface area contributed by atoms with E-state index in [0.29, 0.717) is 5.02 Å². The number of hydrogen-bond donors (Lipinski definition) is 0. The summed E-state index contributed by atoms with van der Waals surface area (Å²) in [6.07, 6.45) is 4.67. The average Bonchev–Trinajstić information content (AvgIpc) is 2.84. The smallest absolute Gasteiger partial charge is 0.271 e. The van der Waals surface area contributed by atoms with Crippen molar-refractivity contribution in [3.8, 4) is 0 Å². The van der Waals surface area contributed by atoms with Crippen molar-refractivity contribution >= 4 is 23.0 Å². The van der Waals surface area contributed by atoms with Crippen LogP contribution in [0.2, 0.25) is 5.02 Å². The van der Waals surface area contributed by atoms with Crippen LogP contribution in [-0.4, -0.2) is 28.1 Å². The highest BCUT2D eigenvalue weighted by Gasteiger charge is 2.12. The molecule has 0 aliphatic heterocycles. The van der Waals surface area contributed by atoms with Crippen molar-refractivity contribution in [3.05, 3.63) is 51.6 Å². The quantitative estimate of drug-likeness (QED) is 0.607. The molecule has 0 atom stereocenters. The van der Waals surface area contributed by atoms with E-state index in [9.17, 15) is 10.1 Å². The Morgan fingerprint density at radius 2 is 2.24 bits per heavy atom. The van der Waals surface area contributed by atoms with Gasteiger partial charge in [-0.05, 0) is 19.4 Å². The van der Waals surface area contributed by atoms with Crippen molar-refractivity contribution in [1.29, 1.82) is 0 Å². The summed E-state index contributed by atoms with van der Waals surface area (Å²) in [7, 11) is 1.92. The van der Waals surface area contributed by atoms with Crippen LogP contribution < -0.4 is 4.90 Å². The van der Waals surface area contributed by atoms with Gasteiger partial charge in [0.2, 0.25) is 0 Å². The second-order valence-corrected chi connectivity index (χ2v) is 5.24. The maximum absolute atomic E-state index is 10.7. The molecule has 0 saturated heterocycles. The zero-order chi connectivity index (χ0) is 15.4. The van der Waals surface area contributed by atoms with E-state index in [0.717, 1.165) is 31.0 Å². The standard InChI is InChI=1S/C14H17ClN4O2/c1-11-16-6-9-18(11)8-3-7-17(2)14-5-4-12(19(20)21)10-13(14)15/h4-6,9-10H,3,7-8H2,1-2H3. The maximum Gasteiger partial charge on any atom is 0.271 e. The van der Waals surface area contributed by atoms with Gasteiger partial charge >= 0.3 is 0 Å². The zero-order valence-corrected chi connectivity index (χ0v) is 12.7. The van der Waals surface area contributed by atoms with Gasteiger partial charge in [0.1, 0.15) is 5.82 Å². The number of aromatic nitrogens is 2. The van der Waals surface area contributed by atoms with Crippen molar-refractivity contribution in [2.24, 2.45) is 0 Å². The Labute approximate surface area is 128 Å². The minimum atomic E-state index is -0.447. The van der Waals surface area contributed by atoms with Gasteiger partial charge < -0.3 is 9.47 Å². The first-order chi connectivity index (χ1) is 9.99. The first kappa shape index (κ1) is 15.3. The summed E-state index contributed by atoms with van der Waals surface area (Å²) in [5.41, 5.74) is 0.802. The van der Waals surface area contributed by atoms with Crippen LogP contribution in [0.5, 0.6) is 0 Å². The van der Waals surface area contributed by atoms with E-state index < -0.39 is 4.92 Å². The second kappa shape index (κ2) is 6.58. The molecule has 0 saturated carbocycles. The fourth-order valence-electron chi connectivity index (χ4n) is 2.16. The van der Waals surface area contributed by atoms with Crippen LogP contribution in [-0.2, 0) is 6.54 Å². The Morgan fingerprint density at radius 1 is 1.48 bits per heavy atom. The number of aryl methyl sites for hydroxylation is 2. The van der Waals surface area contributed by atoms with Crippen molar-refractivity contribution in [3.63, 3.8) is 0 Å². The van der Waals surface area contributed by atoms with Crippen LogP contribution in [0, 0.1) is 17.0 Å². The molecular formula is C14H17ClN4O2. The fraction of sp³-hybridized carbons (Fsp3) is 0.357. The molecule has 0 amide bonds. The topological polar surface area (TPSA) is 64.2 Å². The molecule has 2 rings (SSSR count). The number of hydrogen-bond acceptors (Lipinski definition) is 4. The van der Waals surface area contributed by atoms with E-state index in [1.165, 1.54) is 12.1 Å². The SMILES string of the molecule is Cc1nccn1CCCN(C)c1ccc([N+](=O)[O-])cc1Cl. The Morgan fingerprint density at radius 3 is 2.81 bits per heavy atom.